The fraction of sp³-hybridized carbons (Fsp3) is 1.00. The van der Waals surface area contributed by atoms with Gasteiger partial charge in [0.2, 0.25) is 0 Å². The SMILES string of the molecule is CCSCCCC(CCl)(CCl)C1CCS(=O)(=O)C1. The lowest BCUT2D eigenvalue weighted by Crippen LogP contribution is -2.35. The highest BCUT2D eigenvalue weighted by Gasteiger charge is 2.43. The molecule has 0 aromatic heterocycles. The largest absolute Gasteiger partial charge is 0.229 e. The van der Waals surface area contributed by atoms with Crippen LogP contribution in [0.1, 0.15) is 26.2 Å². The highest BCUT2D eigenvalue weighted by atomic mass is 35.5. The van der Waals surface area contributed by atoms with Crippen molar-refractivity contribution in [2.75, 3.05) is 34.8 Å². The number of rotatable bonds is 8. The van der Waals surface area contributed by atoms with Crippen LogP contribution in [-0.2, 0) is 9.84 Å². The molecule has 108 valence electrons. The van der Waals surface area contributed by atoms with Gasteiger partial charge in [0.05, 0.1) is 11.5 Å². The van der Waals surface area contributed by atoms with Crippen molar-refractivity contribution in [3.63, 3.8) is 0 Å². The number of hydrogen-bond donors (Lipinski definition) is 0. The minimum atomic E-state index is -2.86. The standard InChI is InChI=1S/C12H22Cl2O2S2/c1-2-17-6-3-5-12(9-13,10-14)11-4-7-18(15,16)8-11/h11H,2-10H2,1H3. The summed E-state index contributed by atoms with van der Waals surface area (Å²) >= 11 is 14.2. The van der Waals surface area contributed by atoms with Crippen molar-refractivity contribution in [1.29, 1.82) is 0 Å². The Hall–Kier alpha value is 0.880. The second-order valence-corrected chi connectivity index (χ2v) is 9.19. The molecule has 1 saturated heterocycles. The van der Waals surface area contributed by atoms with Crippen molar-refractivity contribution in [2.45, 2.75) is 26.2 Å². The first kappa shape index (κ1) is 16.9. The topological polar surface area (TPSA) is 34.1 Å². The van der Waals surface area contributed by atoms with E-state index in [0.717, 1.165) is 30.8 Å². The van der Waals surface area contributed by atoms with E-state index in [4.69, 9.17) is 23.2 Å². The molecule has 0 radical (unpaired) electrons. The number of thioether (sulfide) groups is 1. The molecule has 6 heteroatoms. The van der Waals surface area contributed by atoms with Crippen LogP contribution in [-0.4, -0.2) is 43.2 Å². The van der Waals surface area contributed by atoms with Gasteiger partial charge in [-0.3, -0.25) is 0 Å². The molecule has 1 aliphatic rings. The summed E-state index contributed by atoms with van der Waals surface area (Å²) in [6.45, 7) is 2.14. The summed E-state index contributed by atoms with van der Waals surface area (Å²) in [5.41, 5.74) is -0.193. The van der Waals surface area contributed by atoms with Crippen LogP contribution in [0.2, 0.25) is 0 Å². The van der Waals surface area contributed by atoms with Crippen molar-refractivity contribution >= 4 is 44.8 Å². The third kappa shape index (κ3) is 4.46. The molecule has 2 nitrogen and oxygen atoms in total. The van der Waals surface area contributed by atoms with Gasteiger partial charge in [0.1, 0.15) is 0 Å². The molecule has 0 N–H and O–H groups in total. The van der Waals surface area contributed by atoms with Gasteiger partial charge in [-0.1, -0.05) is 6.92 Å². The fourth-order valence-electron chi connectivity index (χ4n) is 2.54. The maximum Gasteiger partial charge on any atom is 0.150 e. The van der Waals surface area contributed by atoms with Crippen LogP contribution in [0.3, 0.4) is 0 Å². The van der Waals surface area contributed by atoms with Gasteiger partial charge in [-0.25, -0.2) is 8.42 Å². The molecule has 18 heavy (non-hydrogen) atoms. The molecule has 1 aliphatic heterocycles. The van der Waals surface area contributed by atoms with Crippen molar-refractivity contribution in [1.82, 2.24) is 0 Å². The molecule has 0 saturated carbocycles. The van der Waals surface area contributed by atoms with Gasteiger partial charge in [0.15, 0.2) is 9.84 Å². The Morgan fingerprint density at radius 1 is 1.33 bits per heavy atom. The first-order chi connectivity index (χ1) is 8.49. The van der Waals surface area contributed by atoms with Gasteiger partial charge in [-0.05, 0) is 36.7 Å². The lowest BCUT2D eigenvalue weighted by Gasteiger charge is -2.35. The number of halogens is 2. The average molecular weight is 333 g/mol. The number of hydrogen-bond acceptors (Lipinski definition) is 3. The molecule has 1 atom stereocenters. The molecule has 1 unspecified atom stereocenters. The molecule has 0 bridgehead atoms. The summed E-state index contributed by atoms with van der Waals surface area (Å²) in [5, 5.41) is 0. The Kier molecular flexibility index (Phi) is 7.16. The molecular weight excluding hydrogens is 311 g/mol. The zero-order valence-corrected chi connectivity index (χ0v) is 14.0. The summed E-state index contributed by atoms with van der Waals surface area (Å²) in [5.74, 6) is 3.87. The fourth-order valence-corrected chi connectivity index (χ4v) is 6.11. The van der Waals surface area contributed by atoms with Crippen LogP contribution in [0.5, 0.6) is 0 Å². The van der Waals surface area contributed by atoms with Crippen LogP contribution >= 0.6 is 35.0 Å². The molecule has 0 aliphatic carbocycles. The Labute approximate surface area is 125 Å². The van der Waals surface area contributed by atoms with Crippen LogP contribution in [0.4, 0.5) is 0 Å². The van der Waals surface area contributed by atoms with Gasteiger partial charge in [0.25, 0.3) is 0 Å². The summed E-state index contributed by atoms with van der Waals surface area (Å²) in [6.07, 6.45) is 2.73. The van der Waals surface area contributed by atoms with Crippen molar-refractivity contribution in [2.24, 2.45) is 11.3 Å². The van der Waals surface area contributed by atoms with E-state index in [-0.39, 0.29) is 17.1 Å². The van der Waals surface area contributed by atoms with E-state index in [1.165, 1.54) is 0 Å². The molecule has 0 aromatic rings. The minimum absolute atomic E-state index is 0.143. The maximum atomic E-state index is 11.6. The lowest BCUT2D eigenvalue weighted by atomic mass is 9.75. The van der Waals surface area contributed by atoms with Gasteiger partial charge < -0.3 is 0 Å². The molecule has 1 heterocycles. The number of sulfone groups is 1. The molecule has 0 amide bonds. The molecule has 0 aromatic carbocycles. The van der Waals surface area contributed by atoms with E-state index < -0.39 is 9.84 Å². The number of alkyl halides is 2. The predicted molar refractivity (Wildman–Crippen MR) is 82.9 cm³/mol. The first-order valence-electron chi connectivity index (χ1n) is 6.40. The second-order valence-electron chi connectivity index (χ2n) is 5.03. The Morgan fingerprint density at radius 3 is 2.44 bits per heavy atom. The first-order valence-corrected chi connectivity index (χ1v) is 10.4. The van der Waals surface area contributed by atoms with Gasteiger partial charge >= 0.3 is 0 Å². The Morgan fingerprint density at radius 2 is 2.00 bits per heavy atom. The van der Waals surface area contributed by atoms with E-state index in [1.54, 1.807) is 0 Å². The monoisotopic (exact) mass is 332 g/mol. The highest BCUT2D eigenvalue weighted by Crippen LogP contribution is 2.42. The zero-order chi connectivity index (χ0) is 13.6. The van der Waals surface area contributed by atoms with Crippen LogP contribution in [0.15, 0.2) is 0 Å². The van der Waals surface area contributed by atoms with E-state index in [1.807, 2.05) is 11.8 Å². The molecule has 1 fully saturated rings. The smallest absolute Gasteiger partial charge is 0.150 e. The normalized spacial score (nSPS) is 23.4. The highest BCUT2D eigenvalue weighted by molar-refractivity contribution is 7.99. The van der Waals surface area contributed by atoms with Crippen LogP contribution in [0, 0.1) is 11.3 Å². The van der Waals surface area contributed by atoms with Gasteiger partial charge in [-0.15, -0.1) is 23.2 Å². The van der Waals surface area contributed by atoms with Gasteiger partial charge in [-0.2, -0.15) is 11.8 Å². The summed E-state index contributed by atoms with van der Waals surface area (Å²) in [6, 6.07) is 0. The Balaban J connectivity index is 2.62. The Bertz CT molecular complexity index is 340. The van der Waals surface area contributed by atoms with E-state index >= 15 is 0 Å². The zero-order valence-electron chi connectivity index (χ0n) is 10.8. The quantitative estimate of drug-likeness (QED) is 0.504. The third-order valence-corrected chi connectivity index (χ3v) is 7.62. The van der Waals surface area contributed by atoms with Crippen LogP contribution < -0.4 is 0 Å². The van der Waals surface area contributed by atoms with E-state index in [2.05, 4.69) is 6.92 Å². The van der Waals surface area contributed by atoms with Crippen molar-refractivity contribution in [3.05, 3.63) is 0 Å². The maximum absolute atomic E-state index is 11.6. The predicted octanol–water partition coefficient (Wildman–Crippen LogP) is 3.42. The average Bonchev–Trinajstić information content (AvgIpc) is 2.71. The van der Waals surface area contributed by atoms with E-state index in [9.17, 15) is 8.42 Å². The molecular formula is C12H22Cl2O2S2. The van der Waals surface area contributed by atoms with Crippen molar-refractivity contribution < 1.29 is 8.42 Å². The summed E-state index contributed by atoms with van der Waals surface area (Å²) in [7, 11) is -2.86. The molecule has 0 spiro atoms. The van der Waals surface area contributed by atoms with Crippen molar-refractivity contribution in [3.8, 4) is 0 Å². The summed E-state index contributed by atoms with van der Waals surface area (Å²) in [4.78, 5) is 0. The second kappa shape index (κ2) is 7.61. The van der Waals surface area contributed by atoms with Gasteiger partial charge in [0, 0.05) is 17.2 Å². The van der Waals surface area contributed by atoms with Crippen LogP contribution in [0.25, 0.3) is 0 Å². The lowest BCUT2D eigenvalue weighted by molar-refractivity contribution is 0.225. The van der Waals surface area contributed by atoms with E-state index in [0.29, 0.717) is 17.5 Å². The summed E-state index contributed by atoms with van der Waals surface area (Å²) < 4.78 is 23.2. The third-order valence-electron chi connectivity index (χ3n) is 3.80. The minimum Gasteiger partial charge on any atom is -0.229 e. The molecule has 1 rings (SSSR count).